The van der Waals surface area contributed by atoms with Crippen molar-refractivity contribution in [2.75, 3.05) is 31.3 Å². The number of thiophene rings is 1. The van der Waals surface area contributed by atoms with Crippen LogP contribution in [0.1, 0.15) is 16.1 Å². The van der Waals surface area contributed by atoms with Crippen molar-refractivity contribution in [2.24, 2.45) is 0 Å². The van der Waals surface area contributed by atoms with Gasteiger partial charge in [-0.3, -0.25) is 4.79 Å². The number of amides is 1. The summed E-state index contributed by atoms with van der Waals surface area (Å²) in [6.45, 7) is 1.92. The van der Waals surface area contributed by atoms with E-state index in [1.54, 1.807) is 26.4 Å². The third-order valence-corrected chi connectivity index (χ3v) is 4.56. The van der Waals surface area contributed by atoms with Crippen molar-refractivity contribution in [3.05, 3.63) is 39.7 Å². The Kier molecular flexibility index (Phi) is 8.16. The molecule has 3 aromatic rings. The van der Waals surface area contributed by atoms with Crippen LogP contribution in [0.5, 0.6) is 0 Å². The van der Waals surface area contributed by atoms with Crippen LogP contribution in [-0.2, 0) is 0 Å². The van der Waals surface area contributed by atoms with Crippen molar-refractivity contribution < 1.29 is 4.79 Å². The van der Waals surface area contributed by atoms with Crippen LogP contribution in [0, 0.1) is 6.92 Å². The van der Waals surface area contributed by atoms with E-state index in [1.807, 2.05) is 23.1 Å². The second-order valence-electron chi connectivity index (χ2n) is 4.60. The molecule has 10 heteroatoms. The molecule has 0 unspecified atom stereocenters. The van der Waals surface area contributed by atoms with Crippen LogP contribution in [0.4, 0.5) is 15.3 Å². The average molecular weight is 385 g/mol. The maximum atomic E-state index is 11.3. The minimum atomic E-state index is -0.0382. The number of hydrogen-bond donors (Lipinski definition) is 3. The fraction of sp³-hybridized carbons (Fsp3) is 0.214. The molecule has 0 aliphatic carbocycles. The van der Waals surface area contributed by atoms with Crippen LogP contribution in [0.25, 0.3) is 0 Å². The van der Waals surface area contributed by atoms with Gasteiger partial charge in [0.1, 0.15) is 0 Å². The lowest BCUT2D eigenvalue weighted by Gasteiger charge is -2.08. The number of nitrogen functional groups attached to an aromatic ring is 3. The van der Waals surface area contributed by atoms with Gasteiger partial charge in [0.15, 0.2) is 10.3 Å². The van der Waals surface area contributed by atoms with Crippen LogP contribution < -0.4 is 17.2 Å². The van der Waals surface area contributed by atoms with Crippen LogP contribution in [0.3, 0.4) is 0 Å². The predicted octanol–water partition coefficient (Wildman–Crippen LogP) is 2.79. The lowest BCUT2D eigenvalue weighted by atomic mass is 10.3. The Bertz CT molecular complexity index is 719. The number of nitrogens with zero attached hydrogens (tertiary/aromatic N) is 3. The number of hydrogen-bond acceptors (Lipinski definition) is 9. The minimum Gasteiger partial charge on any atom is -0.390 e. The van der Waals surface area contributed by atoms with Gasteiger partial charge in [-0.15, -0.1) is 34.0 Å². The van der Waals surface area contributed by atoms with Crippen LogP contribution >= 0.6 is 34.0 Å². The lowest BCUT2D eigenvalue weighted by Crippen LogP contribution is -2.21. The van der Waals surface area contributed by atoms with Crippen LogP contribution in [-0.4, -0.2) is 34.9 Å². The van der Waals surface area contributed by atoms with E-state index in [2.05, 4.69) is 9.97 Å². The van der Waals surface area contributed by atoms with Crippen molar-refractivity contribution in [3.8, 4) is 0 Å². The summed E-state index contributed by atoms with van der Waals surface area (Å²) >= 11 is 4.30. The molecule has 0 saturated carbocycles. The first-order valence-corrected chi connectivity index (χ1v) is 9.32. The van der Waals surface area contributed by atoms with Gasteiger partial charge in [-0.1, -0.05) is 0 Å². The smallest absolute Gasteiger partial charge is 0.256 e. The number of thiazole rings is 2. The van der Waals surface area contributed by atoms with E-state index in [9.17, 15) is 4.79 Å². The Hall–Kier alpha value is -2.17. The standard InChI is InChI=1S/C7H10N2OS.C4H6N2S.C3H4N2S/c1-9(2)7(10)5-3-4-11-6(5)8;1-3-2-7-4(5)6-3;4-3-5-1-2-6-3/h3-4H,8H2,1-2H3;2H,1H3,(H2,5,6);1-2H,(H2,4,5). The van der Waals surface area contributed by atoms with Gasteiger partial charge in [0.05, 0.1) is 16.3 Å². The van der Waals surface area contributed by atoms with E-state index in [4.69, 9.17) is 17.2 Å². The molecule has 130 valence electrons. The summed E-state index contributed by atoms with van der Waals surface area (Å²) in [5, 5.41) is 7.45. The van der Waals surface area contributed by atoms with Gasteiger partial charge >= 0.3 is 0 Å². The second-order valence-corrected chi connectivity index (χ2v) is 7.36. The summed E-state index contributed by atoms with van der Waals surface area (Å²) < 4.78 is 0. The zero-order chi connectivity index (χ0) is 18.1. The van der Waals surface area contributed by atoms with Crippen LogP contribution in [0.15, 0.2) is 28.4 Å². The molecule has 24 heavy (non-hydrogen) atoms. The molecule has 0 aliphatic rings. The SMILES string of the molecule is CN(C)C(=O)c1ccsc1N.Cc1csc(N)n1.Nc1nccs1. The van der Waals surface area contributed by atoms with Gasteiger partial charge in [-0.2, -0.15) is 0 Å². The Morgan fingerprint density at radius 2 is 1.79 bits per heavy atom. The summed E-state index contributed by atoms with van der Waals surface area (Å²) in [5.41, 5.74) is 17.6. The highest BCUT2D eigenvalue weighted by Crippen LogP contribution is 2.19. The minimum absolute atomic E-state index is 0.0382. The first-order valence-electron chi connectivity index (χ1n) is 6.68. The molecule has 3 rings (SSSR count). The Morgan fingerprint density at radius 3 is 2.04 bits per heavy atom. The summed E-state index contributed by atoms with van der Waals surface area (Å²) in [6.07, 6.45) is 1.68. The quantitative estimate of drug-likeness (QED) is 0.592. The fourth-order valence-electron chi connectivity index (χ4n) is 1.35. The van der Waals surface area contributed by atoms with E-state index in [0.717, 1.165) is 5.69 Å². The zero-order valence-corrected chi connectivity index (χ0v) is 16.0. The molecular formula is C14H20N6OS3. The normalized spacial score (nSPS) is 9.29. The molecule has 3 aromatic heterocycles. The van der Waals surface area contributed by atoms with E-state index in [1.165, 1.54) is 38.9 Å². The molecule has 0 fully saturated rings. The van der Waals surface area contributed by atoms with Crippen molar-refractivity contribution in [1.29, 1.82) is 0 Å². The van der Waals surface area contributed by atoms with Crippen molar-refractivity contribution in [3.63, 3.8) is 0 Å². The predicted molar refractivity (Wildman–Crippen MR) is 105 cm³/mol. The van der Waals surface area contributed by atoms with Gasteiger partial charge in [0.2, 0.25) is 0 Å². The molecule has 3 heterocycles. The van der Waals surface area contributed by atoms with Crippen molar-refractivity contribution >= 4 is 55.2 Å². The molecule has 0 atom stereocenters. The van der Waals surface area contributed by atoms with Crippen molar-refractivity contribution in [2.45, 2.75) is 6.92 Å². The van der Waals surface area contributed by atoms with E-state index in [-0.39, 0.29) is 5.91 Å². The van der Waals surface area contributed by atoms with Gasteiger partial charge in [-0.05, 0) is 18.4 Å². The van der Waals surface area contributed by atoms with E-state index < -0.39 is 0 Å². The highest BCUT2D eigenvalue weighted by molar-refractivity contribution is 7.14. The number of aromatic nitrogens is 2. The number of carbonyl (C=O) groups excluding carboxylic acids is 1. The summed E-state index contributed by atoms with van der Waals surface area (Å²) in [6, 6.07) is 1.74. The first-order chi connectivity index (χ1) is 11.3. The highest BCUT2D eigenvalue weighted by Gasteiger charge is 2.11. The first kappa shape index (κ1) is 19.9. The molecule has 0 aliphatic heterocycles. The van der Waals surface area contributed by atoms with Gasteiger partial charge in [-0.25, -0.2) is 9.97 Å². The number of nitrogens with two attached hydrogens (primary N) is 3. The number of carbonyl (C=O) groups is 1. The van der Waals surface area contributed by atoms with Gasteiger partial charge < -0.3 is 22.1 Å². The molecular weight excluding hydrogens is 364 g/mol. The molecule has 0 bridgehead atoms. The van der Waals surface area contributed by atoms with Gasteiger partial charge in [0, 0.05) is 31.1 Å². The number of rotatable bonds is 1. The van der Waals surface area contributed by atoms with Crippen LogP contribution in [0.2, 0.25) is 0 Å². The summed E-state index contributed by atoms with van der Waals surface area (Å²) in [7, 11) is 3.42. The summed E-state index contributed by atoms with van der Waals surface area (Å²) in [5.74, 6) is -0.0382. The Balaban J connectivity index is 0.000000191. The molecule has 6 N–H and O–H groups in total. The molecule has 0 saturated heterocycles. The van der Waals surface area contributed by atoms with E-state index >= 15 is 0 Å². The molecule has 0 aromatic carbocycles. The molecule has 0 spiro atoms. The Morgan fingerprint density at radius 1 is 1.08 bits per heavy atom. The number of anilines is 3. The average Bonchev–Trinajstić information content (AvgIpc) is 3.24. The molecule has 1 amide bonds. The summed E-state index contributed by atoms with van der Waals surface area (Å²) in [4.78, 5) is 20.4. The third-order valence-electron chi connectivity index (χ3n) is 2.42. The lowest BCUT2D eigenvalue weighted by molar-refractivity contribution is 0.0829. The second kappa shape index (κ2) is 9.85. The zero-order valence-electron chi connectivity index (χ0n) is 13.6. The largest absolute Gasteiger partial charge is 0.390 e. The Labute approximate surface area is 152 Å². The fourth-order valence-corrected chi connectivity index (χ4v) is 2.90. The van der Waals surface area contributed by atoms with Crippen molar-refractivity contribution in [1.82, 2.24) is 14.9 Å². The molecule has 0 radical (unpaired) electrons. The molecule has 7 nitrogen and oxygen atoms in total. The van der Waals surface area contributed by atoms with E-state index in [0.29, 0.717) is 20.8 Å². The maximum absolute atomic E-state index is 11.3. The third kappa shape index (κ3) is 6.94. The maximum Gasteiger partial charge on any atom is 0.256 e. The number of aryl methyl sites for hydroxylation is 1. The highest BCUT2D eigenvalue weighted by atomic mass is 32.1. The van der Waals surface area contributed by atoms with Gasteiger partial charge in [0.25, 0.3) is 5.91 Å². The topological polar surface area (TPSA) is 124 Å². The monoisotopic (exact) mass is 384 g/mol.